The summed E-state index contributed by atoms with van der Waals surface area (Å²) in [4.78, 5) is 49.4. The van der Waals surface area contributed by atoms with E-state index in [0.29, 0.717) is 47.7 Å². The number of hydrogen-bond acceptors (Lipinski definition) is 10. The van der Waals surface area contributed by atoms with Crippen LogP contribution in [0.25, 0.3) is 5.57 Å². The number of nitrogens with one attached hydrogen (secondary N) is 3. The molecule has 3 aromatic rings. The van der Waals surface area contributed by atoms with Crippen LogP contribution in [0.15, 0.2) is 72.8 Å². The fraction of sp³-hybridized carbons (Fsp3) is 0.409. The third kappa shape index (κ3) is 12.6. The second-order valence-electron chi connectivity index (χ2n) is 13.8. The van der Waals surface area contributed by atoms with Crippen molar-refractivity contribution in [1.29, 1.82) is 10.8 Å². The number of piperidine rings is 2. The molecule has 6 N–H and O–H groups in total. The number of amidine groups is 1. The standard InChI is InChI=1S/C40H50N6O4.C2H3NO2.C2H6/c1-4-8-27(2)46(26-47)40(49)33-10-7-12-38(28(33)3)50-32-19-23-45(24-20-32)31-17-21-44(22-18-31)30-15-13-29(14-16-30)35(39(42)43)25-36(41)34-9-5-6-11-37(34)48;4-1-3-2-5;1-2/h5-7,9-16,25-27,31-32,41,48H,4,8,17-24H2,1-3H3,(H3,42,43);1-2H,(H,3,4,5);1-2H3/b35-25-,41-36?;;. The van der Waals surface area contributed by atoms with Crippen molar-refractivity contribution < 1.29 is 29.0 Å². The van der Waals surface area contributed by atoms with E-state index < -0.39 is 0 Å². The minimum absolute atomic E-state index is 0.0138. The topological polar surface area (TPSA) is 193 Å². The number of rotatable bonds is 15. The number of nitrogens with two attached hydrogens (primary N) is 1. The van der Waals surface area contributed by atoms with Crippen LogP contribution in [0.4, 0.5) is 5.69 Å². The molecule has 57 heavy (non-hydrogen) atoms. The third-order valence-corrected chi connectivity index (χ3v) is 10.2. The second kappa shape index (κ2) is 23.3. The molecule has 0 aromatic heterocycles. The zero-order valence-corrected chi connectivity index (χ0v) is 33.9. The number of benzene rings is 3. The van der Waals surface area contributed by atoms with Crippen LogP contribution in [0, 0.1) is 17.7 Å². The maximum absolute atomic E-state index is 13.2. The number of imide groups is 2. The molecule has 3 aromatic carbocycles. The number of amides is 4. The van der Waals surface area contributed by atoms with Gasteiger partial charge in [0, 0.05) is 66.2 Å². The van der Waals surface area contributed by atoms with E-state index in [1.165, 1.54) is 17.0 Å². The highest BCUT2D eigenvalue weighted by atomic mass is 16.5. The monoisotopic (exact) mass is 781 g/mol. The average Bonchev–Trinajstić information content (AvgIpc) is 3.23. The predicted molar refractivity (Wildman–Crippen MR) is 226 cm³/mol. The summed E-state index contributed by atoms with van der Waals surface area (Å²) in [5, 5.41) is 28.5. The first-order chi connectivity index (χ1) is 27.5. The van der Waals surface area contributed by atoms with Gasteiger partial charge in [-0.1, -0.05) is 57.5 Å². The van der Waals surface area contributed by atoms with Gasteiger partial charge in [0.1, 0.15) is 23.4 Å². The van der Waals surface area contributed by atoms with E-state index in [0.717, 1.165) is 81.5 Å². The molecule has 2 heterocycles. The van der Waals surface area contributed by atoms with Crippen molar-refractivity contribution in [3.63, 3.8) is 0 Å². The Balaban J connectivity index is 0.00000115. The molecule has 0 aliphatic carbocycles. The molecule has 1 atom stereocenters. The van der Waals surface area contributed by atoms with Gasteiger partial charge in [0.25, 0.3) is 5.91 Å². The van der Waals surface area contributed by atoms with Gasteiger partial charge in [-0.2, -0.15) is 0 Å². The summed E-state index contributed by atoms with van der Waals surface area (Å²) >= 11 is 0. The molecule has 4 amide bonds. The number of para-hydroxylation sites is 1. The molecule has 0 spiro atoms. The van der Waals surface area contributed by atoms with Crippen molar-refractivity contribution in [3.8, 4) is 11.5 Å². The van der Waals surface area contributed by atoms with Crippen molar-refractivity contribution in [2.75, 3.05) is 31.1 Å². The number of aromatic hydroxyl groups is 1. The van der Waals surface area contributed by atoms with Crippen molar-refractivity contribution in [1.82, 2.24) is 15.1 Å². The van der Waals surface area contributed by atoms with Gasteiger partial charge in [0.2, 0.25) is 19.2 Å². The van der Waals surface area contributed by atoms with Gasteiger partial charge in [-0.3, -0.25) is 34.4 Å². The fourth-order valence-electron chi connectivity index (χ4n) is 7.17. The largest absolute Gasteiger partial charge is 0.507 e. The van der Waals surface area contributed by atoms with Crippen LogP contribution in [0.3, 0.4) is 0 Å². The maximum atomic E-state index is 13.2. The Hall–Kier alpha value is -5.82. The zero-order chi connectivity index (χ0) is 41.9. The normalized spacial score (nSPS) is 15.4. The lowest BCUT2D eigenvalue weighted by Gasteiger charge is -2.42. The van der Waals surface area contributed by atoms with Crippen molar-refractivity contribution in [2.45, 2.75) is 91.3 Å². The van der Waals surface area contributed by atoms with Gasteiger partial charge in [0.15, 0.2) is 0 Å². The molecule has 306 valence electrons. The lowest BCUT2D eigenvalue weighted by atomic mass is 9.97. The molecule has 13 nitrogen and oxygen atoms in total. The summed E-state index contributed by atoms with van der Waals surface area (Å²) in [5.41, 5.74) is 9.98. The van der Waals surface area contributed by atoms with E-state index in [1.807, 2.05) is 71.0 Å². The summed E-state index contributed by atoms with van der Waals surface area (Å²) in [6, 6.07) is 20.5. The minimum Gasteiger partial charge on any atom is -0.507 e. The lowest BCUT2D eigenvalue weighted by Crippen LogP contribution is -2.49. The molecule has 2 aliphatic rings. The Bertz CT molecular complexity index is 1820. The number of carbonyl (C=O) groups is 4. The highest BCUT2D eigenvalue weighted by Gasteiger charge is 2.30. The van der Waals surface area contributed by atoms with E-state index in [9.17, 15) is 14.7 Å². The first-order valence-electron chi connectivity index (χ1n) is 19.7. The summed E-state index contributed by atoms with van der Waals surface area (Å²) in [5.74, 6) is 0.313. The van der Waals surface area contributed by atoms with Crippen LogP contribution in [0.5, 0.6) is 11.5 Å². The molecule has 0 saturated carbocycles. The number of hydrogen-bond donors (Lipinski definition) is 5. The smallest absolute Gasteiger partial charge is 0.260 e. The first-order valence-corrected chi connectivity index (χ1v) is 19.7. The van der Waals surface area contributed by atoms with Gasteiger partial charge in [-0.25, -0.2) is 0 Å². The number of phenolic OH excluding ortho intramolecular Hbond substituents is 1. The Labute approximate surface area is 336 Å². The molecule has 1 unspecified atom stereocenters. The number of likely N-dealkylation sites (tertiary alicyclic amines) is 1. The van der Waals surface area contributed by atoms with Crippen LogP contribution in [0.1, 0.15) is 93.3 Å². The van der Waals surface area contributed by atoms with E-state index in [2.05, 4.69) is 9.80 Å². The van der Waals surface area contributed by atoms with Crippen molar-refractivity contribution in [3.05, 3.63) is 95.1 Å². The molecule has 5 rings (SSSR count). The second-order valence-corrected chi connectivity index (χ2v) is 13.8. The van der Waals surface area contributed by atoms with Crippen LogP contribution in [0.2, 0.25) is 0 Å². The maximum Gasteiger partial charge on any atom is 0.260 e. The van der Waals surface area contributed by atoms with E-state index in [4.69, 9.17) is 30.9 Å². The van der Waals surface area contributed by atoms with Gasteiger partial charge in [0.05, 0.1) is 5.71 Å². The van der Waals surface area contributed by atoms with Gasteiger partial charge < -0.3 is 31.2 Å². The molecule has 13 heteroatoms. The quantitative estimate of drug-likeness (QED) is 0.0668. The Morgan fingerprint density at radius 3 is 2.09 bits per heavy atom. The van der Waals surface area contributed by atoms with Crippen LogP contribution in [-0.4, -0.2) is 96.0 Å². The van der Waals surface area contributed by atoms with E-state index in [-0.39, 0.29) is 35.3 Å². The lowest BCUT2D eigenvalue weighted by molar-refractivity contribution is -0.118. The highest BCUT2D eigenvalue weighted by Crippen LogP contribution is 2.30. The third-order valence-electron chi connectivity index (χ3n) is 10.2. The van der Waals surface area contributed by atoms with Crippen LogP contribution >= 0.6 is 0 Å². The first kappa shape index (κ1) is 45.6. The average molecular weight is 782 g/mol. The van der Waals surface area contributed by atoms with Crippen molar-refractivity contribution >= 4 is 47.9 Å². The van der Waals surface area contributed by atoms with Crippen LogP contribution in [-0.2, 0) is 14.4 Å². The number of anilines is 1. The highest BCUT2D eigenvalue weighted by molar-refractivity contribution is 6.27. The number of allylic oxidation sites excluding steroid dienone is 1. The minimum atomic E-state index is -0.277. The van der Waals surface area contributed by atoms with Crippen molar-refractivity contribution in [2.24, 2.45) is 5.73 Å². The van der Waals surface area contributed by atoms with Gasteiger partial charge >= 0.3 is 0 Å². The van der Waals surface area contributed by atoms with Gasteiger partial charge in [-0.15, -0.1) is 0 Å². The summed E-state index contributed by atoms with van der Waals surface area (Å²) in [7, 11) is 0. The number of phenols is 1. The molecular formula is C44H59N7O6. The summed E-state index contributed by atoms with van der Waals surface area (Å²) in [6.45, 7) is 13.7. The predicted octanol–water partition coefficient (Wildman–Crippen LogP) is 6.30. The van der Waals surface area contributed by atoms with Crippen LogP contribution < -0.4 is 20.7 Å². The Morgan fingerprint density at radius 1 is 0.930 bits per heavy atom. The Kier molecular flexibility index (Phi) is 18.6. The SMILES string of the molecule is CC.CCCC(C)N(C=O)C(=O)c1cccc(OC2CCN(C3CCN(c4ccc(/C(=C/C(=N)c5ccccc5O)C(=N)N)cc4)CC3)CC2)c1C.O=CNC=O. The molecule has 0 radical (unpaired) electrons. The molecular weight excluding hydrogens is 723 g/mol. The molecule has 0 bridgehead atoms. The summed E-state index contributed by atoms with van der Waals surface area (Å²) < 4.78 is 6.46. The van der Waals surface area contributed by atoms with E-state index in [1.54, 1.807) is 29.6 Å². The van der Waals surface area contributed by atoms with Gasteiger partial charge in [-0.05, 0) is 94.0 Å². The number of carbonyl (C=O) groups excluding carboxylic acids is 4. The molecule has 2 fully saturated rings. The fourth-order valence-corrected chi connectivity index (χ4v) is 7.17. The zero-order valence-electron chi connectivity index (χ0n) is 33.9. The Morgan fingerprint density at radius 2 is 1.54 bits per heavy atom. The molecule has 2 saturated heterocycles. The number of ether oxygens (including phenoxy) is 1. The number of nitrogens with zero attached hydrogens (tertiary/aromatic N) is 3. The summed E-state index contributed by atoms with van der Waals surface area (Å²) in [6.07, 6.45) is 8.50. The van der Waals surface area contributed by atoms with E-state index >= 15 is 0 Å². The molecule has 2 aliphatic heterocycles.